The van der Waals surface area contributed by atoms with E-state index in [9.17, 15) is 14.4 Å². The SMILES string of the molecule is O=C(c1ccc(Cl)cc1)[C@@H]1[C@@H]2C(=O)N(c3ccc(Cl)cc3Cl)C(=O)[C@H]2[C@H]2c3ccccc3C=NN12. The summed E-state index contributed by atoms with van der Waals surface area (Å²) in [6.45, 7) is 0. The molecule has 0 saturated carbocycles. The fourth-order valence-corrected chi connectivity index (χ4v) is 5.97. The van der Waals surface area contributed by atoms with Crippen molar-refractivity contribution in [2.45, 2.75) is 12.1 Å². The van der Waals surface area contributed by atoms with Gasteiger partial charge >= 0.3 is 0 Å². The highest BCUT2D eigenvalue weighted by Crippen LogP contribution is 2.53. The quantitative estimate of drug-likeness (QED) is 0.339. The van der Waals surface area contributed by atoms with E-state index in [1.807, 2.05) is 24.3 Å². The summed E-state index contributed by atoms with van der Waals surface area (Å²) in [6, 6.07) is 17.1. The molecule has 6 rings (SSSR count). The summed E-state index contributed by atoms with van der Waals surface area (Å²) >= 11 is 18.4. The third-order valence-electron chi connectivity index (χ3n) is 6.84. The van der Waals surface area contributed by atoms with E-state index < -0.39 is 35.7 Å². The predicted molar refractivity (Wildman–Crippen MR) is 134 cm³/mol. The van der Waals surface area contributed by atoms with Gasteiger partial charge in [-0.2, -0.15) is 5.10 Å². The van der Waals surface area contributed by atoms with Crippen molar-refractivity contribution in [1.29, 1.82) is 0 Å². The molecule has 4 atom stereocenters. The molecule has 2 amide bonds. The lowest BCUT2D eigenvalue weighted by molar-refractivity contribution is -0.124. The van der Waals surface area contributed by atoms with Gasteiger partial charge in [-0.25, -0.2) is 4.90 Å². The van der Waals surface area contributed by atoms with Crippen LogP contribution in [-0.2, 0) is 9.59 Å². The molecule has 3 aliphatic rings. The highest BCUT2D eigenvalue weighted by molar-refractivity contribution is 6.38. The van der Waals surface area contributed by atoms with Crippen LogP contribution in [0.5, 0.6) is 0 Å². The number of halogens is 3. The maximum atomic E-state index is 13.9. The van der Waals surface area contributed by atoms with E-state index in [1.165, 1.54) is 6.07 Å². The highest BCUT2D eigenvalue weighted by atomic mass is 35.5. The zero-order valence-corrected chi connectivity index (χ0v) is 20.2. The van der Waals surface area contributed by atoms with Crippen LogP contribution in [-0.4, -0.2) is 34.9 Å². The van der Waals surface area contributed by atoms with E-state index in [2.05, 4.69) is 5.10 Å². The number of carbonyl (C=O) groups is 3. The minimum atomic E-state index is -0.969. The molecule has 0 aliphatic carbocycles. The minimum absolute atomic E-state index is 0.179. The van der Waals surface area contributed by atoms with Gasteiger partial charge in [0.25, 0.3) is 0 Å². The van der Waals surface area contributed by atoms with Gasteiger partial charge in [0.15, 0.2) is 5.78 Å². The number of rotatable bonds is 3. The Balaban J connectivity index is 1.50. The van der Waals surface area contributed by atoms with Crippen LogP contribution >= 0.6 is 34.8 Å². The van der Waals surface area contributed by atoms with Crippen molar-refractivity contribution in [1.82, 2.24) is 5.01 Å². The number of nitrogens with zero attached hydrogens (tertiary/aromatic N) is 3. The van der Waals surface area contributed by atoms with Crippen molar-refractivity contribution in [3.8, 4) is 0 Å². The Morgan fingerprint density at radius 1 is 0.829 bits per heavy atom. The molecule has 2 saturated heterocycles. The molecular weight excluding hydrogens is 509 g/mol. The van der Waals surface area contributed by atoms with Gasteiger partial charge < -0.3 is 0 Å². The summed E-state index contributed by atoms with van der Waals surface area (Å²) < 4.78 is 0. The Kier molecular flexibility index (Phi) is 5.22. The van der Waals surface area contributed by atoms with Crippen molar-refractivity contribution >= 4 is 64.3 Å². The summed E-state index contributed by atoms with van der Waals surface area (Å²) in [5.41, 5.74) is 2.32. The second kappa shape index (κ2) is 8.19. The number of imide groups is 1. The monoisotopic (exact) mass is 523 g/mol. The molecule has 3 aromatic rings. The Bertz CT molecular complexity index is 1440. The Morgan fingerprint density at radius 3 is 2.26 bits per heavy atom. The zero-order chi connectivity index (χ0) is 24.4. The fraction of sp³-hybridized carbons (Fsp3) is 0.154. The number of hydrogen-bond donors (Lipinski definition) is 0. The van der Waals surface area contributed by atoms with Gasteiger partial charge in [-0.3, -0.25) is 19.4 Å². The molecule has 6 nitrogen and oxygen atoms in total. The molecule has 9 heteroatoms. The van der Waals surface area contributed by atoms with Crippen LogP contribution in [0.25, 0.3) is 0 Å². The van der Waals surface area contributed by atoms with E-state index in [0.717, 1.165) is 16.0 Å². The number of hydrogen-bond acceptors (Lipinski definition) is 5. The number of fused-ring (bicyclic) bond motifs is 5. The number of anilines is 1. The number of benzene rings is 3. The van der Waals surface area contributed by atoms with E-state index in [0.29, 0.717) is 15.6 Å². The molecule has 2 fully saturated rings. The Labute approximate surface area is 215 Å². The second-order valence-electron chi connectivity index (χ2n) is 8.67. The number of hydrazone groups is 1. The number of ketones is 1. The molecule has 0 spiro atoms. The van der Waals surface area contributed by atoms with Crippen molar-refractivity contribution in [3.05, 3.63) is 98.5 Å². The van der Waals surface area contributed by atoms with E-state index in [4.69, 9.17) is 34.8 Å². The Hall–Kier alpha value is -3.19. The lowest BCUT2D eigenvalue weighted by atomic mass is 9.83. The number of Topliss-reactive ketones (excluding diaryl/α,β-unsaturated/α-hetero) is 1. The summed E-state index contributed by atoms with van der Waals surface area (Å²) in [4.78, 5) is 42.6. The lowest BCUT2D eigenvalue weighted by Gasteiger charge is -2.33. The van der Waals surface area contributed by atoms with Crippen LogP contribution < -0.4 is 4.90 Å². The second-order valence-corrected chi connectivity index (χ2v) is 9.95. The standard InChI is InChI=1S/C26H16Cl3N3O3/c27-15-7-5-13(6-8-15)24(33)23-21-20(22-17-4-2-1-3-14(17)12-30-32(22)23)25(34)31(26(21)35)19-10-9-16(28)11-18(19)29/h1-12,20-23H/t20-,21-,22-,23+/m1/s1. The van der Waals surface area contributed by atoms with E-state index in [-0.39, 0.29) is 16.5 Å². The molecule has 0 N–H and O–H groups in total. The average Bonchev–Trinajstić information content (AvgIpc) is 3.32. The Morgan fingerprint density at radius 2 is 1.51 bits per heavy atom. The van der Waals surface area contributed by atoms with Crippen molar-refractivity contribution in [2.24, 2.45) is 16.9 Å². The maximum absolute atomic E-state index is 13.9. The molecule has 0 bridgehead atoms. The smallest absolute Gasteiger partial charge is 0.240 e. The zero-order valence-electron chi connectivity index (χ0n) is 17.9. The van der Waals surface area contributed by atoms with Gasteiger partial charge in [0.05, 0.1) is 34.8 Å². The van der Waals surface area contributed by atoms with Gasteiger partial charge in [0.1, 0.15) is 6.04 Å². The third-order valence-corrected chi connectivity index (χ3v) is 7.63. The van der Waals surface area contributed by atoms with Gasteiger partial charge in [-0.15, -0.1) is 0 Å². The summed E-state index contributed by atoms with van der Waals surface area (Å²) in [7, 11) is 0. The molecule has 0 unspecified atom stereocenters. The molecular formula is C26H16Cl3N3O3. The molecule has 0 radical (unpaired) electrons. The first kappa shape index (κ1) is 22.3. The maximum Gasteiger partial charge on any atom is 0.240 e. The number of carbonyl (C=O) groups excluding carboxylic acids is 3. The van der Waals surface area contributed by atoms with Gasteiger partial charge in [-0.1, -0.05) is 59.1 Å². The van der Waals surface area contributed by atoms with Crippen LogP contribution in [0.4, 0.5) is 5.69 Å². The minimum Gasteiger partial charge on any atom is -0.292 e. The first-order valence-corrected chi connectivity index (χ1v) is 12.0. The normalized spacial score (nSPS) is 24.4. The van der Waals surface area contributed by atoms with Crippen molar-refractivity contribution in [3.63, 3.8) is 0 Å². The lowest BCUT2D eigenvalue weighted by Crippen LogP contribution is -2.44. The highest BCUT2D eigenvalue weighted by Gasteiger charge is 2.65. The van der Waals surface area contributed by atoms with Gasteiger partial charge in [0, 0.05) is 15.6 Å². The molecule has 174 valence electrons. The van der Waals surface area contributed by atoms with Gasteiger partial charge in [0.2, 0.25) is 11.8 Å². The van der Waals surface area contributed by atoms with E-state index >= 15 is 0 Å². The van der Waals surface area contributed by atoms with E-state index in [1.54, 1.807) is 47.6 Å². The van der Waals surface area contributed by atoms with Crippen LogP contribution in [0.1, 0.15) is 27.5 Å². The molecule has 3 aliphatic heterocycles. The molecule has 35 heavy (non-hydrogen) atoms. The summed E-state index contributed by atoms with van der Waals surface area (Å²) in [5.74, 6) is -2.96. The predicted octanol–water partition coefficient (Wildman–Crippen LogP) is 5.41. The van der Waals surface area contributed by atoms with Gasteiger partial charge in [-0.05, 0) is 53.6 Å². The first-order valence-electron chi connectivity index (χ1n) is 10.9. The summed E-state index contributed by atoms with van der Waals surface area (Å²) in [6.07, 6.45) is 1.66. The largest absolute Gasteiger partial charge is 0.292 e. The average molecular weight is 525 g/mol. The molecule has 3 aromatic carbocycles. The fourth-order valence-electron chi connectivity index (χ4n) is 5.35. The van der Waals surface area contributed by atoms with Crippen molar-refractivity contribution in [2.75, 3.05) is 4.90 Å². The number of amides is 2. The van der Waals surface area contributed by atoms with Crippen LogP contribution in [0.3, 0.4) is 0 Å². The topological polar surface area (TPSA) is 70.0 Å². The third kappa shape index (κ3) is 3.32. The van der Waals surface area contributed by atoms with Crippen molar-refractivity contribution < 1.29 is 14.4 Å². The van der Waals surface area contributed by atoms with Crippen LogP contribution in [0.15, 0.2) is 71.8 Å². The van der Waals surface area contributed by atoms with Crippen LogP contribution in [0, 0.1) is 11.8 Å². The summed E-state index contributed by atoms with van der Waals surface area (Å²) in [5, 5.41) is 7.22. The molecule has 0 aromatic heterocycles. The first-order chi connectivity index (χ1) is 16.9. The van der Waals surface area contributed by atoms with Crippen LogP contribution in [0.2, 0.25) is 15.1 Å². The molecule has 3 heterocycles.